The standard InChI is InChI=1S/C15H19N3O2S/c1-2-16-15-18-14(20)12(21-15)10-13(19)17-9-8-11-6-4-3-5-7-11/h3-7,12H,2,8-10H2,1H3,(H,17,19)(H,16,18,20)/t12-/m0/s1. The molecule has 112 valence electrons. The monoisotopic (exact) mass is 305 g/mol. The Balaban J connectivity index is 1.72. The predicted octanol–water partition coefficient (Wildman–Crippen LogP) is 1.34. The second-order valence-electron chi connectivity index (χ2n) is 4.66. The lowest BCUT2D eigenvalue weighted by molar-refractivity contribution is -0.125. The number of carbonyl (C=O) groups is 2. The fourth-order valence-corrected chi connectivity index (χ4v) is 3.02. The van der Waals surface area contributed by atoms with Crippen LogP contribution in [0.4, 0.5) is 0 Å². The molecular weight excluding hydrogens is 286 g/mol. The molecule has 0 radical (unpaired) electrons. The van der Waals surface area contributed by atoms with Crippen LogP contribution in [0.15, 0.2) is 35.3 Å². The summed E-state index contributed by atoms with van der Waals surface area (Å²) in [5.41, 5.74) is 1.18. The van der Waals surface area contributed by atoms with Gasteiger partial charge >= 0.3 is 0 Å². The van der Waals surface area contributed by atoms with Crippen LogP contribution in [0.1, 0.15) is 18.9 Å². The third-order valence-electron chi connectivity index (χ3n) is 3.03. The topological polar surface area (TPSA) is 70.6 Å². The molecule has 0 aromatic heterocycles. The molecule has 21 heavy (non-hydrogen) atoms. The van der Waals surface area contributed by atoms with Gasteiger partial charge in [0.1, 0.15) is 5.25 Å². The zero-order chi connectivity index (χ0) is 15.1. The van der Waals surface area contributed by atoms with Crippen LogP contribution < -0.4 is 10.6 Å². The van der Waals surface area contributed by atoms with Gasteiger partial charge in [0.05, 0.1) is 0 Å². The molecule has 1 aliphatic rings. The average molecular weight is 305 g/mol. The van der Waals surface area contributed by atoms with E-state index in [-0.39, 0.29) is 23.5 Å². The number of benzene rings is 1. The Morgan fingerprint density at radius 2 is 2.14 bits per heavy atom. The third-order valence-corrected chi connectivity index (χ3v) is 4.15. The van der Waals surface area contributed by atoms with Gasteiger partial charge in [-0.05, 0) is 18.9 Å². The number of carbonyl (C=O) groups excluding carboxylic acids is 2. The summed E-state index contributed by atoms with van der Waals surface area (Å²) in [6, 6.07) is 9.98. The molecule has 2 rings (SSSR count). The van der Waals surface area contributed by atoms with E-state index >= 15 is 0 Å². The Hall–Kier alpha value is -1.82. The van der Waals surface area contributed by atoms with E-state index < -0.39 is 0 Å². The van der Waals surface area contributed by atoms with Crippen LogP contribution >= 0.6 is 11.8 Å². The minimum atomic E-state index is -0.368. The fourth-order valence-electron chi connectivity index (χ4n) is 1.99. The van der Waals surface area contributed by atoms with Crippen LogP contribution in [-0.2, 0) is 16.0 Å². The molecule has 1 saturated heterocycles. The molecule has 0 saturated carbocycles. The number of thioether (sulfide) groups is 1. The molecule has 6 heteroatoms. The summed E-state index contributed by atoms with van der Waals surface area (Å²) >= 11 is 1.33. The largest absolute Gasteiger partial charge is 0.356 e. The highest BCUT2D eigenvalue weighted by atomic mass is 32.2. The molecule has 1 atom stereocenters. The molecule has 0 bridgehead atoms. The molecule has 1 fully saturated rings. The van der Waals surface area contributed by atoms with Crippen LogP contribution in [0.2, 0.25) is 0 Å². The first-order valence-corrected chi connectivity index (χ1v) is 7.89. The first-order valence-electron chi connectivity index (χ1n) is 7.01. The Labute approximate surface area is 128 Å². The average Bonchev–Trinajstić information content (AvgIpc) is 2.80. The maximum atomic E-state index is 11.9. The summed E-state index contributed by atoms with van der Waals surface area (Å²) in [5, 5.41) is 5.79. The first-order chi connectivity index (χ1) is 10.2. The van der Waals surface area contributed by atoms with E-state index in [1.807, 2.05) is 37.3 Å². The number of nitrogens with zero attached hydrogens (tertiary/aromatic N) is 1. The molecule has 1 heterocycles. The van der Waals surface area contributed by atoms with Crippen molar-refractivity contribution < 1.29 is 9.59 Å². The van der Waals surface area contributed by atoms with Gasteiger partial charge in [-0.1, -0.05) is 42.1 Å². The van der Waals surface area contributed by atoms with Crippen molar-refractivity contribution in [2.45, 2.75) is 25.0 Å². The minimum absolute atomic E-state index is 0.101. The summed E-state index contributed by atoms with van der Waals surface area (Å²) in [4.78, 5) is 27.7. The number of nitrogens with one attached hydrogen (secondary N) is 2. The van der Waals surface area contributed by atoms with Crippen molar-refractivity contribution in [1.29, 1.82) is 0 Å². The van der Waals surface area contributed by atoms with E-state index in [1.54, 1.807) is 0 Å². The van der Waals surface area contributed by atoms with Crippen molar-refractivity contribution in [3.63, 3.8) is 0 Å². The summed E-state index contributed by atoms with van der Waals surface area (Å²) in [5.74, 6) is -0.235. The van der Waals surface area contributed by atoms with E-state index in [4.69, 9.17) is 0 Å². The van der Waals surface area contributed by atoms with Crippen molar-refractivity contribution in [2.75, 3.05) is 13.1 Å². The summed E-state index contributed by atoms with van der Waals surface area (Å²) < 4.78 is 0. The minimum Gasteiger partial charge on any atom is -0.356 e. The number of hydrogen-bond donors (Lipinski definition) is 2. The normalized spacial score (nSPS) is 19.6. The second kappa shape index (κ2) is 7.83. The van der Waals surface area contributed by atoms with Gasteiger partial charge in [-0.25, -0.2) is 0 Å². The van der Waals surface area contributed by atoms with Gasteiger partial charge in [0, 0.05) is 19.5 Å². The second-order valence-corrected chi connectivity index (χ2v) is 5.86. The van der Waals surface area contributed by atoms with E-state index in [2.05, 4.69) is 15.6 Å². The highest BCUT2D eigenvalue weighted by Gasteiger charge is 2.31. The van der Waals surface area contributed by atoms with Crippen LogP contribution in [0.25, 0.3) is 0 Å². The molecule has 0 unspecified atom stereocenters. The quantitative estimate of drug-likeness (QED) is 0.833. The number of amides is 2. The zero-order valence-electron chi connectivity index (χ0n) is 12.0. The lowest BCUT2D eigenvalue weighted by Crippen LogP contribution is -2.32. The van der Waals surface area contributed by atoms with Gasteiger partial charge in [-0.15, -0.1) is 0 Å². The molecule has 1 aliphatic heterocycles. The van der Waals surface area contributed by atoms with Gasteiger partial charge in [0.25, 0.3) is 0 Å². The van der Waals surface area contributed by atoms with Gasteiger partial charge in [0.15, 0.2) is 5.17 Å². The van der Waals surface area contributed by atoms with Crippen molar-refractivity contribution in [2.24, 2.45) is 4.99 Å². The lowest BCUT2D eigenvalue weighted by Gasteiger charge is -2.07. The smallest absolute Gasteiger partial charge is 0.240 e. The Bertz CT molecular complexity index is 531. The number of aliphatic imine (C=N–C) groups is 1. The maximum absolute atomic E-state index is 11.9. The fraction of sp³-hybridized carbons (Fsp3) is 0.400. The van der Waals surface area contributed by atoms with Crippen molar-refractivity contribution in [3.05, 3.63) is 35.9 Å². The highest BCUT2D eigenvalue weighted by Crippen LogP contribution is 2.22. The molecule has 1 aromatic rings. The third kappa shape index (κ3) is 4.90. The predicted molar refractivity (Wildman–Crippen MR) is 85.3 cm³/mol. The molecular formula is C15H19N3O2S. The maximum Gasteiger partial charge on any atom is 0.240 e. The molecule has 2 N–H and O–H groups in total. The van der Waals surface area contributed by atoms with Gasteiger partial charge in [-0.3, -0.25) is 14.6 Å². The number of amidine groups is 1. The van der Waals surface area contributed by atoms with E-state index in [9.17, 15) is 9.59 Å². The Kier molecular flexibility index (Phi) is 5.80. The number of rotatable bonds is 6. The van der Waals surface area contributed by atoms with Crippen molar-refractivity contribution in [3.8, 4) is 0 Å². The van der Waals surface area contributed by atoms with Crippen LogP contribution in [0, 0.1) is 0 Å². The van der Waals surface area contributed by atoms with Gasteiger partial charge < -0.3 is 10.6 Å². The Morgan fingerprint density at radius 1 is 1.38 bits per heavy atom. The van der Waals surface area contributed by atoms with Crippen LogP contribution in [0.3, 0.4) is 0 Å². The van der Waals surface area contributed by atoms with E-state index in [1.165, 1.54) is 17.3 Å². The first kappa shape index (κ1) is 15.6. The SMILES string of the molecule is CCN=C1NC(=O)[C@H](CC(=O)NCCc2ccccc2)S1. The molecule has 5 nitrogen and oxygen atoms in total. The summed E-state index contributed by atoms with van der Waals surface area (Å²) in [6.45, 7) is 3.11. The van der Waals surface area contributed by atoms with E-state index in [0.717, 1.165) is 6.42 Å². The molecule has 0 aliphatic carbocycles. The lowest BCUT2D eigenvalue weighted by atomic mass is 10.1. The molecule has 1 aromatic carbocycles. The van der Waals surface area contributed by atoms with Gasteiger partial charge in [-0.2, -0.15) is 0 Å². The zero-order valence-corrected chi connectivity index (χ0v) is 12.8. The highest BCUT2D eigenvalue weighted by molar-refractivity contribution is 8.15. The van der Waals surface area contributed by atoms with Crippen molar-refractivity contribution >= 4 is 28.7 Å². The Morgan fingerprint density at radius 3 is 2.86 bits per heavy atom. The summed E-state index contributed by atoms with van der Waals surface area (Å²) in [6.07, 6.45) is 0.979. The molecule has 2 amide bonds. The summed E-state index contributed by atoms with van der Waals surface area (Å²) in [7, 11) is 0. The van der Waals surface area contributed by atoms with Crippen molar-refractivity contribution in [1.82, 2.24) is 10.6 Å². The van der Waals surface area contributed by atoms with E-state index in [0.29, 0.717) is 18.3 Å². The van der Waals surface area contributed by atoms with Gasteiger partial charge in [0.2, 0.25) is 11.8 Å². The molecule has 0 spiro atoms. The van der Waals surface area contributed by atoms with Crippen LogP contribution in [-0.4, -0.2) is 35.3 Å². The van der Waals surface area contributed by atoms with Crippen LogP contribution in [0.5, 0.6) is 0 Å². The number of hydrogen-bond acceptors (Lipinski definition) is 4.